The van der Waals surface area contributed by atoms with E-state index in [0.29, 0.717) is 5.92 Å². The summed E-state index contributed by atoms with van der Waals surface area (Å²) in [5, 5.41) is 12.4. The number of nitrogens with one attached hydrogen (secondary N) is 1. The Labute approximate surface area is 127 Å². The number of pyridine rings is 1. The maximum Gasteiger partial charge on any atom is 0.128 e. The third-order valence-electron chi connectivity index (χ3n) is 4.00. The normalized spacial score (nSPS) is 19.0. The lowest BCUT2D eigenvalue weighted by Crippen LogP contribution is -2.36. The number of nitrogens with zero attached hydrogens (tertiary/aromatic N) is 2. The molecule has 2 heterocycles. The van der Waals surface area contributed by atoms with Gasteiger partial charge in [0.1, 0.15) is 5.82 Å². The summed E-state index contributed by atoms with van der Waals surface area (Å²) in [4.78, 5) is 6.93. The third kappa shape index (κ3) is 5.26. The highest BCUT2D eigenvalue weighted by atomic mass is 16.5. The summed E-state index contributed by atoms with van der Waals surface area (Å²) in [6.45, 7) is 4.78. The van der Waals surface area contributed by atoms with Gasteiger partial charge in [-0.05, 0) is 36.8 Å². The monoisotopic (exact) mass is 293 g/mol. The van der Waals surface area contributed by atoms with E-state index in [-0.39, 0.29) is 6.61 Å². The van der Waals surface area contributed by atoms with Crippen LogP contribution in [-0.4, -0.2) is 50.0 Å². The number of hydrogen-bond donors (Lipinski definition) is 2. The van der Waals surface area contributed by atoms with Gasteiger partial charge in [-0.1, -0.05) is 6.07 Å². The minimum absolute atomic E-state index is 0.290. The van der Waals surface area contributed by atoms with Crippen LogP contribution in [-0.2, 0) is 11.3 Å². The highest BCUT2D eigenvalue weighted by Gasteiger charge is 2.20. The minimum atomic E-state index is 0.290. The molecule has 1 saturated heterocycles. The molecule has 1 aromatic heterocycles. The van der Waals surface area contributed by atoms with Crippen LogP contribution in [0.5, 0.6) is 0 Å². The van der Waals surface area contributed by atoms with E-state index in [4.69, 9.17) is 9.84 Å². The van der Waals surface area contributed by atoms with E-state index in [9.17, 15) is 0 Å². The van der Waals surface area contributed by atoms with Gasteiger partial charge in [0, 0.05) is 46.1 Å². The molecule has 0 spiro atoms. The molecule has 0 aliphatic carbocycles. The molecule has 0 bridgehead atoms. The number of ether oxygens (including phenoxy) is 1. The fourth-order valence-electron chi connectivity index (χ4n) is 2.81. The van der Waals surface area contributed by atoms with Gasteiger partial charge in [0.25, 0.3) is 0 Å². The first-order valence-electron chi connectivity index (χ1n) is 7.84. The Kier molecular flexibility index (Phi) is 6.92. The first kappa shape index (κ1) is 16.2. The van der Waals surface area contributed by atoms with E-state index in [1.54, 1.807) is 7.11 Å². The largest absolute Gasteiger partial charge is 0.396 e. The lowest BCUT2D eigenvalue weighted by molar-refractivity contribution is 0.199. The average Bonchev–Trinajstić information content (AvgIpc) is 2.53. The van der Waals surface area contributed by atoms with Crippen molar-refractivity contribution in [2.24, 2.45) is 5.92 Å². The second-order valence-corrected chi connectivity index (χ2v) is 5.66. The van der Waals surface area contributed by atoms with Gasteiger partial charge >= 0.3 is 0 Å². The smallest absolute Gasteiger partial charge is 0.128 e. The molecule has 5 heteroatoms. The highest BCUT2D eigenvalue weighted by molar-refractivity contribution is 5.39. The van der Waals surface area contributed by atoms with Crippen molar-refractivity contribution in [1.82, 2.24) is 10.3 Å². The number of rotatable bonds is 8. The van der Waals surface area contributed by atoms with Crippen LogP contribution in [0.15, 0.2) is 18.3 Å². The van der Waals surface area contributed by atoms with E-state index < -0.39 is 0 Å². The van der Waals surface area contributed by atoms with E-state index in [1.165, 1.54) is 18.4 Å². The van der Waals surface area contributed by atoms with Crippen LogP contribution >= 0.6 is 0 Å². The SMILES string of the molecule is COCCNCc1ccc(N2CCCC(CCO)C2)nc1. The van der Waals surface area contributed by atoms with Crippen molar-refractivity contribution in [1.29, 1.82) is 0 Å². The number of methoxy groups -OCH3 is 1. The Morgan fingerprint density at radius 2 is 2.38 bits per heavy atom. The van der Waals surface area contributed by atoms with Crippen molar-refractivity contribution in [3.63, 3.8) is 0 Å². The maximum absolute atomic E-state index is 9.08. The number of aliphatic hydroxyl groups excluding tert-OH is 1. The molecule has 118 valence electrons. The van der Waals surface area contributed by atoms with Crippen LogP contribution in [0, 0.1) is 5.92 Å². The van der Waals surface area contributed by atoms with Crippen molar-refractivity contribution in [3.8, 4) is 0 Å². The van der Waals surface area contributed by atoms with Crippen molar-refractivity contribution in [2.45, 2.75) is 25.8 Å². The van der Waals surface area contributed by atoms with Gasteiger partial charge < -0.3 is 20.1 Å². The maximum atomic E-state index is 9.08. The number of piperidine rings is 1. The first-order valence-corrected chi connectivity index (χ1v) is 7.84. The zero-order valence-corrected chi connectivity index (χ0v) is 12.9. The van der Waals surface area contributed by atoms with Crippen molar-refractivity contribution in [3.05, 3.63) is 23.9 Å². The molecule has 1 atom stereocenters. The second kappa shape index (κ2) is 8.97. The van der Waals surface area contributed by atoms with E-state index in [1.807, 2.05) is 6.20 Å². The van der Waals surface area contributed by atoms with Crippen LogP contribution in [0.2, 0.25) is 0 Å². The van der Waals surface area contributed by atoms with Gasteiger partial charge in [-0.25, -0.2) is 4.98 Å². The van der Waals surface area contributed by atoms with Crippen LogP contribution in [0.4, 0.5) is 5.82 Å². The van der Waals surface area contributed by atoms with E-state index in [0.717, 1.165) is 45.0 Å². The molecule has 0 amide bonds. The average molecular weight is 293 g/mol. The standard InChI is InChI=1S/C16H27N3O2/c1-21-10-7-17-11-15-4-5-16(18-12-15)19-8-2-3-14(13-19)6-9-20/h4-5,12,14,17,20H,2-3,6-11,13H2,1H3. The molecule has 1 unspecified atom stereocenters. The van der Waals surface area contributed by atoms with Gasteiger partial charge in [-0.15, -0.1) is 0 Å². The Balaban J connectivity index is 1.83. The molecular formula is C16H27N3O2. The number of aromatic nitrogens is 1. The zero-order valence-electron chi connectivity index (χ0n) is 12.9. The molecular weight excluding hydrogens is 266 g/mol. The third-order valence-corrected chi connectivity index (χ3v) is 4.00. The van der Waals surface area contributed by atoms with Gasteiger partial charge in [-0.2, -0.15) is 0 Å². The molecule has 21 heavy (non-hydrogen) atoms. The first-order chi connectivity index (χ1) is 10.3. The Hall–Kier alpha value is -1.17. The van der Waals surface area contributed by atoms with Gasteiger partial charge in [-0.3, -0.25) is 0 Å². The van der Waals surface area contributed by atoms with Gasteiger partial charge in [0.2, 0.25) is 0 Å². The summed E-state index contributed by atoms with van der Waals surface area (Å²) in [7, 11) is 1.71. The Morgan fingerprint density at radius 3 is 3.10 bits per heavy atom. The van der Waals surface area contributed by atoms with Crippen molar-refractivity contribution in [2.75, 3.05) is 44.9 Å². The number of anilines is 1. The summed E-state index contributed by atoms with van der Waals surface area (Å²) >= 11 is 0. The summed E-state index contributed by atoms with van der Waals surface area (Å²) in [5.41, 5.74) is 1.19. The van der Waals surface area contributed by atoms with Gasteiger partial charge in [0.15, 0.2) is 0 Å². The molecule has 1 aliphatic heterocycles. The highest BCUT2D eigenvalue weighted by Crippen LogP contribution is 2.23. The number of aliphatic hydroxyl groups is 1. The van der Waals surface area contributed by atoms with Crippen LogP contribution in [0.25, 0.3) is 0 Å². The molecule has 5 nitrogen and oxygen atoms in total. The molecule has 1 aliphatic rings. The predicted molar refractivity (Wildman–Crippen MR) is 84.5 cm³/mol. The van der Waals surface area contributed by atoms with Crippen molar-refractivity contribution < 1.29 is 9.84 Å². The minimum Gasteiger partial charge on any atom is -0.396 e. The van der Waals surface area contributed by atoms with Crippen LogP contribution < -0.4 is 10.2 Å². The number of hydrogen-bond acceptors (Lipinski definition) is 5. The Bertz CT molecular complexity index is 395. The quantitative estimate of drug-likeness (QED) is 0.710. The lowest BCUT2D eigenvalue weighted by Gasteiger charge is -2.33. The fraction of sp³-hybridized carbons (Fsp3) is 0.688. The Morgan fingerprint density at radius 1 is 1.48 bits per heavy atom. The zero-order chi connectivity index (χ0) is 14.9. The molecule has 2 N–H and O–H groups in total. The molecule has 1 fully saturated rings. The van der Waals surface area contributed by atoms with Crippen molar-refractivity contribution >= 4 is 5.82 Å². The summed E-state index contributed by atoms with van der Waals surface area (Å²) in [6, 6.07) is 4.24. The summed E-state index contributed by atoms with van der Waals surface area (Å²) < 4.78 is 5.01. The molecule has 0 saturated carbocycles. The lowest BCUT2D eigenvalue weighted by atomic mass is 9.95. The molecule has 0 radical (unpaired) electrons. The van der Waals surface area contributed by atoms with Crippen LogP contribution in [0.1, 0.15) is 24.8 Å². The molecule has 2 rings (SSSR count). The van der Waals surface area contributed by atoms with E-state index >= 15 is 0 Å². The summed E-state index contributed by atoms with van der Waals surface area (Å²) in [5.74, 6) is 1.65. The topological polar surface area (TPSA) is 57.6 Å². The predicted octanol–water partition coefficient (Wildman–Crippen LogP) is 1.42. The van der Waals surface area contributed by atoms with Gasteiger partial charge in [0.05, 0.1) is 6.61 Å². The summed E-state index contributed by atoms with van der Waals surface area (Å²) in [6.07, 6.45) is 5.26. The van der Waals surface area contributed by atoms with E-state index in [2.05, 4.69) is 27.3 Å². The molecule has 0 aromatic carbocycles. The second-order valence-electron chi connectivity index (χ2n) is 5.66. The van der Waals surface area contributed by atoms with Crippen LogP contribution in [0.3, 0.4) is 0 Å². The molecule has 1 aromatic rings. The fourth-order valence-corrected chi connectivity index (χ4v) is 2.81.